The largest absolute Gasteiger partial charge is 0.398 e. The van der Waals surface area contributed by atoms with Gasteiger partial charge in [-0.1, -0.05) is 29.8 Å². The van der Waals surface area contributed by atoms with Crippen LogP contribution in [0.5, 0.6) is 0 Å². The molecule has 1 rings (SSSR count). The average molecular weight is 444 g/mol. The summed E-state index contributed by atoms with van der Waals surface area (Å²) >= 11 is 6.49. The predicted molar refractivity (Wildman–Crippen MR) is 91.5 cm³/mol. The van der Waals surface area contributed by atoms with E-state index in [0.717, 1.165) is 0 Å². The third-order valence-corrected chi connectivity index (χ3v) is 6.64. The van der Waals surface area contributed by atoms with Crippen LogP contribution in [-0.4, -0.2) is 26.7 Å². The number of nitrogens with one attached hydrogen (secondary N) is 1. The molecule has 0 saturated carbocycles. The minimum absolute atomic E-state index is 0.0183. The van der Waals surface area contributed by atoms with E-state index in [0.29, 0.717) is 21.8 Å². The van der Waals surface area contributed by atoms with Crippen molar-refractivity contribution in [2.24, 2.45) is 5.41 Å². The lowest BCUT2D eigenvalue weighted by molar-refractivity contribution is 0.119. The van der Waals surface area contributed by atoms with Crippen molar-refractivity contribution in [3.05, 3.63) is 21.1 Å². The fourth-order valence-electron chi connectivity index (χ4n) is 1.96. The highest BCUT2D eigenvalue weighted by Gasteiger charge is 2.29. The van der Waals surface area contributed by atoms with Crippen molar-refractivity contribution in [2.75, 3.05) is 18.9 Å². The summed E-state index contributed by atoms with van der Waals surface area (Å²) in [6.45, 7) is 3.95. The Morgan fingerprint density at radius 2 is 1.86 bits per heavy atom. The zero-order valence-corrected chi connectivity index (χ0v) is 16.0. The molecule has 0 aromatic heterocycles. The van der Waals surface area contributed by atoms with Gasteiger partial charge in [-0.05, 0) is 40.9 Å². The third-order valence-electron chi connectivity index (χ3n) is 3.78. The van der Waals surface area contributed by atoms with E-state index in [4.69, 9.17) is 5.73 Å². The molecule has 0 aliphatic rings. The van der Waals surface area contributed by atoms with Gasteiger partial charge in [-0.3, -0.25) is 0 Å². The van der Waals surface area contributed by atoms with Gasteiger partial charge in [-0.25, -0.2) is 13.1 Å². The number of aliphatic hydroxyl groups excluding tert-OH is 1. The van der Waals surface area contributed by atoms with E-state index in [-0.39, 0.29) is 23.7 Å². The van der Waals surface area contributed by atoms with Crippen LogP contribution in [-0.2, 0) is 10.0 Å². The molecule has 0 aliphatic heterocycles. The van der Waals surface area contributed by atoms with Crippen LogP contribution in [0.2, 0.25) is 0 Å². The fraction of sp³-hybridized carbons (Fsp3) is 0.538. The molecule has 0 amide bonds. The molecule has 0 radical (unpaired) electrons. The number of anilines is 1. The maximum absolute atomic E-state index is 12.5. The highest BCUT2D eigenvalue weighted by atomic mass is 79.9. The summed E-state index contributed by atoms with van der Waals surface area (Å²) in [6, 6.07) is 3.17. The second kappa shape index (κ2) is 7.41. The molecule has 0 saturated heterocycles. The summed E-state index contributed by atoms with van der Waals surface area (Å²) in [5, 5.41) is 9.51. The van der Waals surface area contributed by atoms with Gasteiger partial charge in [-0.15, -0.1) is 0 Å². The zero-order chi connectivity index (χ0) is 16.3. The maximum atomic E-state index is 12.5. The second-order valence-electron chi connectivity index (χ2n) is 5.00. The minimum Gasteiger partial charge on any atom is -0.398 e. The molecule has 120 valence electrons. The van der Waals surface area contributed by atoms with E-state index in [1.54, 1.807) is 6.07 Å². The van der Waals surface area contributed by atoms with Crippen molar-refractivity contribution in [3.8, 4) is 0 Å². The van der Waals surface area contributed by atoms with E-state index in [1.807, 2.05) is 13.8 Å². The quantitative estimate of drug-likeness (QED) is 0.565. The van der Waals surface area contributed by atoms with Crippen molar-refractivity contribution in [2.45, 2.75) is 31.6 Å². The Bertz CT molecular complexity index is 570. The van der Waals surface area contributed by atoms with Gasteiger partial charge < -0.3 is 10.8 Å². The highest BCUT2D eigenvalue weighted by molar-refractivity contribution is 9.11. The standard InChI is InChI=1S/C13H20Br2N2O3S/c1-3-13(4-2,8-18)7-17-21(19,20)12-10(15)5-9(14)6-11(12)16/h5-6,17-18H,3-4,7-8,16H2,1-2H3. The molecule has 4 N–H and O–H groups in total. The number of hydrogen-bond donors (Lipinski definition) is 3. The number of aliphatic hydroxyl groups is 1. The van der Waals surface area contributed by atoms with Gasteiger partial charge in [0.05, 0.1) is 5.69 Å². The van der Waals surface area contributed by atoms with E-state index >= 15 is 0 Å². The summed E-state index contributed by atoms with van der Waals surface area (Å²) in [4.78, 5) is 0.0183. The Labute approximate surface area is 142 Å². The Balaban J connectivity index is 3.09. The first kappa shape index (κ1) is 18.9. The second-order valence-corrected chi connectivity index (χ2v) is 8.47. The minimum atomic E-state index is -3.76. The molecular formula is C13H20Br2N2O3S. The topological polar surface area (TPSA) is 92.4 Å². The molecule has 0 atom stereocenters. The predicted octanol–water partition coefficient (Wildman–Crippen LogP) is 2.87. The van der Waals surface area contributed by atoms with Gasteiger partial charge in [0.25, 0.3) is 0 Å². The summed E-state index contributed by atoms with van der Waals surface area (Å²) in [7, 11) is -3.76. The zero-order valence-electron chi connectivity index (χ0n) is 12.0. The lowest BCUT2D eigenvalue weighted by atomic mass is 9.84. The van der Waals surface area contributed by atoms with E-state index < -0.39 is 15.4 Å². The van der Waals surface area contributed by atoms with Gasteiger partial charge in [0.15, 0.2) is 0 Å². The molecule has 21 heavy (non-hydrogen) atoms. The Kier molecular flexibility index (Phi) is 6.67. The van der Waals surface area contributed by atoms with Crippen LogP contribution in [0.25, 0.3) is 0 Å². The first-order chi connectivity index (χ1) is 9.71. The van der Waals surface area contributed by atoms with E-state index in [2.05, 4.69) is 36.6 Å². The van der Waals surface area contributed by atoms with E-state index in [1.165, 1.54) is 6.07 Å². The van der Waals surface area contributed by atoms with Crippen molar-refractivity contribution < 1.29 is 13.5 Å². The SMILES string of the molecule is CCC(CC)(CO)CNS(=O)(=O)c1c(N)cc(Br)cc1Br. The normalized spacial score (nSPS) is 12.6. The van der Waals surface area contributed by atoms with Crippen molar-refractivity contribution in [1.82, 2.24) is 4.72 Å². The van der Waals surface area contributed by atoms with Crippen molar-refractivity contribution >= 4 is 47.6 Å². The molecule has 0 aliphatic carbocycles. The Morgan fingerprint density at radius 3 is 2.29 bits per heavy atom. The molecule has 5 nitrogen and oxygen atoms in total. The molecule has 0 unspecified atom stereocenters. The van der Waals surface area contributed by atoms with Crippen LogP contribution in [0.3, 0.4) is 0 Å². The van der Waals surface area contributed by atoms with Gasteiger partial charge in [0.1, 0.15) is 4.90 Å². The van der Waals surface area contributed by atoms with Gasteiger partial charge in [0, 0.05) is 27.5 Å². The highest BCUT2D eigenvalue weighted by Crippen LogP contribution is 2.32. The Morgan fingerprint density at radius 1 is 1.29 bits per heavy atom. The molecule has 0 fully saturated rings. The van der Waals surface area contributed by atoms with Crippen LogP contribution in [0.15, 0.2) is 26.0 Å². The molecule has 0 bridgehead atoms. The number of halogens is 2. The number of nitrogens with two attached hydrogens (primary N) is 1. The Hall–Kier alpha value is -0.150. The molecule has 0 heterocycles. The summed E-state index contributed by atoms with van der Waals surface area (Å²) in [5.41, 5.74) is 5.52. The summed E-state index contributed by atoms with van der Waals surface area (Å²) in [5.74, 6) is 0. The number of nitrogen functional groups attached to an aromatic ring is 1. The number of benzene rings is 1. The lowest BCUT2D eigenvalue weighted by Crippen LogP contribution is -2.39. The third kappa shape index (κ3) is 4.41. The van der Waals surface area contributed by atoms with Gasteiger partial charge in [-0.2, -0.15) is 0 Å². The van der Waals surface area contributed by atoms with E-state index in [9.17, 15) is 13.5 Å². The van der Waals surface area contributed by atoms with Crippen LogP contribution in [0.4, 0.5) is 5.69 Å². The van der Waals surface area contributed by atoms with Crippen molar-refractivity contribution in [3.63, 3.8) is 0 Å². The van der Waals surface area contributed by atoms with Crippen LogP contribution >= 0.6 is 31.9 Å². The lowest BCUT2D eigenvalue weighted by Gasteiger charge is -2.29. The molecular weight excluding hydrogens is 424 g/mol. The van der Waals surface area contributed by atoms with Gasteiger partial charge >= 0.3 is 0 Å². The number of rotatable bonds is 7. The van der Waals surface area contributed by atoms with Crippen LogP contribution in [0.1, 0.15) is 26.7 Å². The van der Waals surface area contributed by atoms with Crippen molar-refractivity contribution in [1.29, 1.82) is 0 Å². The first-order valence-electron chi connectivity index (χ1n) is 6.56. The monoisotopic (exact) mass is 442 g/mol. The van der Waals surface area contributed by atoms with Gasteiger partial charge in [0.2, 0.25) is 10.0 Å². The first-order valence-corrected chi connectivity index (χ1v) is 9.63. The van der Waals surface area contributed by atoms with Crippen LogP contribution in [0, 0.1) is 5.41 Å². The smallest absolute Gasteiger partial charge is 0.243 e. The molecule has 1 aromatic rings. The maximum Gasteiger partial charge on any atom is 0.243 e. The molecule has 8 heteroatoms. The molecule has 0 spiro atoms. The average Bonchev–Trinajstić information content (AvgIpc) is 2.39. The summed E-state index contributed by atoms with van der Waals surface area (Å²) < 4.78 is 28.6. The van der Waals surface area contributed by atoms with Crippen LogP contribution < -0.4 is 10.5 Å². The fourth-order valence-corrected chi connectivity index (χ4v) is 5.19. The number of sulfonamides is 1. The summed E-state index contributed by atoms with van der Waals surface area (Å²) in [6.07, 6.45) is 1.36. The number of hydrogen-bond acceptors (Lipinski definition) is 4. The molecule has 1 aromatic carbocycles.